The molecule has 0 aliphatic carbocycles. The second-order valence-corrected chi connectivity index (χ2v) is 5.52. The van der Waals surface area contributed by atoms with Crippen molar-refractivity contribution in [2.75, 3.05) is 31.0 Å². The van der Waals surface area contributed by atoms with Crippen molar-refractivity contribution >= 4 is 22.4 Å². The molecule has 7 heteroatoms. The average Bonchev–Trinajstić information content (AvgIpc) is 2.25. The van der Waals surface area contributed by atoms with Gasteiger partial charge >= 0.3 is 0 Å². The molecular weight excluding hydrogens is 240 g/mol. The van der Waals surface area contributed by atoms with Crippen LogP contribution in [0.15, 0.2) is 6.07 Å². The van der Waals surface area contributed by atoms with Crippen LogP contribution in [0.3, 0.4) is 0 Å². The second kappa shape index (κ2) is 6.51. The molecule has 2 unspecified atom stereocenters. The molecule has 0 saturated heterocycles. The maximum atomic E-state index is 11.2. The largest absolute Gasteiger partial charge is 0.384 e. The van der Waals surface area contributed by atoms with E-state index in [2.05, 4.69) is 15.3 Å². The Balaban J connectivity index is 2.67. The second-order valence-electron chi connectivity index (χ2n) is 3.72. The van der Waals surface area contributed by atoms with Crippen LogP contribution in [0.25, 0.3) is 0 Å². The van der Waals surface area contributed by atoms with Crippen molar-refractivity contribution in [3.8, 4) is 0 Å². The molecule has 1 rings (SSSR count). The van der Waals surface area contributed by atoms with Crippen molar-refractivity contribution in [1.82, 2.24) is 9.97 Å². The van der Waals surface area contributed by atoms with Gasteiger partial charge in [0.25, 0.3) is 0 Å². The molecular formula is C10H18N4O2S. The van der Waals surface area contributed by atoms with Crippen LogP contribution in [0.4, 0.5) is 11.6 Å². The zero-order valence-corrected chi connectivity index (χ0v) is 11.1. The van der Waals surface area contributed by atoms with Gasteiger partial charge in [0, 0.05) is 42.0 Å². The molecule has 3 N–H and O–H groups in total. The van der Waals surface area contributed by atoms with Crippen LogP contribution >= 0.6 is 0 Å². The van der Waals surface area contributed by atoms with Gasteiger partial charge < -0.3 is 15.8 Å². The predicted octanol–water partition coefficient (Wildman–Crippen LogP) is 0.384. The molecule has 0 amide bonds. The number of methoxy groups -OCH3 is 1. The highest BCUT2D eigenvalue weighted by Gasteiger charge is 2.07. The fourth-order valence-corrected chi connectivity index (χ4v) is 1.49. The zero-order chi connectivity index (χ0) is 12.8. The van der Waals surface area contributed by atoms with Crippen LogP contribution in [0.5, 0.6) is 0 Å². The van der Waals surface area contributed by atoms with E-state index in [1.54, 1.807) is 19.4 Å². The molecule has 0 spiro atoms. The molecule has 0 aliphatic heterocycles. The third-order valence-electron chi connectivity index (χ3n) is 2.20. The maximum Gasteiger partial charge on any atom is 0.158 e. The fourth-order valence-electron chi connectivity index (χ4n) is 1.17. The van der Waals surface area contributed by atoms with Crippen molar-refractivity contribution in [3.63, 3.8) is 0 Å². The molecule has 17 heavy (non-hydrogen) atoms. The monoisotopic (exact) mass is 258 g/mol. The molecule has 96 valence electrons. The van der Waals surface area contributed by atoms with Crippen molar-refractivity contribution in [2.45, 2.75) is 18.8 Å². The zero-order valence-electron chi connectivity index (χ0n) is 10.3. The minimum absolute atomic E-state index is 0.0528. The topological polar surface area (TPSA) is 90.1 Å². The molecule has 1 aromatic rings. The van der Waals surface area contributed by atoms with Crippen molar-refractivity contribution in [2.24, 2.45) is 0 Å². The lowest BCUT2D eigenvalue weighted by molar-refractivity contribution is 0.178. The van der Waals surface area contributed by atoms with E-state index in [0.717, 1.165) is 0 Å². The van der Waals surface area contributed by atoms with E-state index in [4.69, 9.17) is 10.5 Å². The highest BCUT2D eigenvalue weighted by molar-refractivity contribution is 7.84. The van der Waals surface area contributed by atoms with Crippen molar-refractivity contribution < 1.29 is 8.95 Å². The highest BCUT2D eigenvalue weighted by atomic mass is 32.2. The SMILES string of the molecule is COCc1nc(N)cc(NCC(C)S(C)=O)n1. The van der Waals surface area contributed by atoms with Gasteiger partial charge in [0.2, 0.25) is 0 Å². The molecule has 1 heterocycles. The Morgan fingerprint density at radius 1 is 1.59 bits per heavy atom. The quantitative estimate of drug-likeness (QED) is 0.767. The van der Waals surface area contributed by atoms with E-state index in [-0.39, 0.29) is 5.25 Å². The summed E-state index contributed by atoms with van der Waals surface area (Å²) in [5.74, 6) is 1.54. The first kappa shape index (κ1) is 13.9. The van der Waals surface area contributed by atoms with Gasteiger partial charge in [-0.25, -0.2) is 9.97 Å². The Kier molecular flexibility index (Phi) is 5.30. The highest BCUT2D eigenvalue weighted by Crippen LogP contribution is 2.09. The number of hydrogen-bond acceptors (Lipinski definition) is 6. The van der Waals surface area contributed by atoms with Gasteiger partial charge in [-0.1, -0.05) is 0 Å². The summed E-state index contributed by atoms with van der Waals surface area (Å²) in [5.41, 5.74) is 5.65. The molecule has 2 atom stereocenters. The summed E-state index contributed by atoms with van der Waals surface area (Å²) in [5, 5.41) is 3.14. The Hall–Kier alpha value is -1.21. The van der Waals surface area contributed by atoms with Crippen LogP contribution in [-0.2, 0) is 22.1 Å². The number of nitrogens with zero attached hydrogens (tertiary/aromatic N) is 2. The smallest absolute Gasteiger partial charge is 0.158 e. The molecule has 0 aliphatic rings. The average molecular weight is 258 g/mol. The minimum Gasteiger partial charge on any atom is -0.384 e. The maximum absolute atomic E-state index is 11.2. The minimum atomic E-state index is -0.860. The third kappa shape index (κ3) is 4.66. The van der Waals surface area contributed by atoms with Gasteiger partial charge in [0.05, 0.1) is 0 Å². The Morgan fingerprint density at radius 3 is 2.88 bits per heavy atom. The van der Waals surface area contributed by atoms with Gasteiger partial charge in [0.1, 0.15) is 18.2 Å². The fraction of sp³-hybridized carbons (Fsp3) is 0.600. The van der Waals surface area contributed by atoms with Crippen LogP contribution in [0, 0.1) is 0 Å². The number of ether oxygens (including phenoxy) is 1. The Bertz CT molecular complexity index is 400. The Labute approximate surface area is 103 Å². The standard InChI is InChI=1S/C10H18N4O2S/c1-7(17(3)15)5-12-9-4-8(11)13-10(14-9)6-16-2/h4,7H,5-6H2,1-3H3,(H3,11,12,13,14). The van der Waals surface area contributed by atoms with Gasteiger partial charge in [-0.2, -0.15) is 0 Å². The summed E-state index contributed by atoms with van der Waals surface area (Å²) in [6.07, 6.45) is 1.68. The summed E-state index contributed by atoms with van der Waals surface area (Å²) < 4.78 is 16.1. The first-order valence-corrected chi connectivity index (χ1v) is 6.83. The van der Waals surface area contributed by atoms with E-state index in [1.807, 2.05) is 6.92 Å². The molecule has 0 bridgehead atoms. The summed E-state index contributed by atoms with van der Waals surface area (Å²) in [7, 11) is 0.711. The van der Waals surface area contributed by atoms with E-state index < -0.39 is 10.8 Å². The van der Waals surface area contributed by atoms with Crippen LogP contribution in [0.1, 0.15) is 12.7 Å². The summed E-state index contributed by atoms with van der Waals surface area (Å²) in [6.45, 7) is 2.80. The van der Waals surface area contributed by atoms with Crippen LogP contribution < -0.4 is 11.1 Å². The number of aromatic nitrogens is 2. The molecule has 6 nitrogen and oxygen atoms in total. The van der Waals surface area contributed by atoms with E-state index in [1.165, 1.54) is 0 Å². The van der Waals surface area contributed by atoms with E-state index in [9.17, 15) is 4.21 Å². The van der Waals surface area contributed by atoms with Gasteiger partial charge in [0.15, 0.2) is 5.82 Å². The molecule has 0 aromatic carbocycles. The Morgan fingerprint density at radius 2 is 2.29 bits per heavy atom. The summed E-state index contributed by atoms with van der Waals surface area (Å²) in [4.78, 5) is 8.26. The number of nitrogens with two attached hydrogens (primary N) is 1. The van der Waals surface area contributed by atoms with Crippen molar-refractivity contribution in [3.05, 3.63) is 11.9 Å². The first-order valence-electron chi connectivity index (χ1n) is 5.21. The normalized spacial score (nSPS) is 14.3. The first-order chi connectivity index (χ1) is 8.02. The third-order valence-corrected chi connectivity index (χ3v) is 3.50. The molecule has 0 radical (unpaired) electrons. The molecule has 1 aromatic heterocycles. The van der Waals surface area contributed by atoms with Gasteiger partial charge in [-0.15, -0.1) is 0 Å². The molecule has 0 fully saturated rings. The summed E-state index contributed by atoms with van der Waals surface area (Å²) >= 11 is 0. The van der Waals surface area contributed by atoms with Crippen LogP contribution in [-0.4, -0.2) is 39.3 Å². The number of anilines is 2. The number of hydrogen-bond donors (Lipinski definition) is 2. The lowest BCUT2D eigenvalue weighted by Crippen LogP contribution is -2.21. The number of nitrogens with one attached hydrogen (secondary N) is 1. The van der Waals surface area contributed by atoms with Crippen LogP contribution in [0.2, 0.25) is 0 Å². The predicted molar refractivity (Wildman–Crippen MR) is 69.2 cm³/mol. The van der Waals surface area contributed by atoms with Crippen molar-refractivity contribution in [1.29, 1.82) is 0 Å². The number of rotatable bonds is 6. The van der Waals surface area contributed by atoms with Gasteiger partial charge in [-0.3, -0.25) is 4.21 Å². The molecule has 0 saturated carbocycles. The van der Waals surface area contributed by atoms with E-state index in [0.29, 0.717) is 30.6 Å². The number of nitrogen functional groups attached to an aromatic ring is 1. The van der Waals surface area contributed by atoms with Gasteiger partial charge in [-0.05, 0) is 6.92 Å². The lowest BCUT2D eigenvalue weighted by atomic mass is 10.4. The lowest BCUT2D eigenvalue weighted by Gasteiger charge is -2.11. The summed E-state index contributed by atoms with van der Waals surface area (Å²) in [6, 6.07) is 1.64. The van der Waals surface area contributed by atoms with E-state index >= 15 is 0 Å².